The van der Waals surface area contributed by atoms with Crippen LogP contribution in [0.15, 0.2) is 9.52 Å². The van der Waals surface area contributed by atoms with Crippen molar-refractivity contribution in [1.82, 2.24) is 25.3 Å². The quantitative estimate of drug-likeness (QED) is 0.388. The highest BCUT2D eigenvalue weighted by atomic mass is 127. The van der Waals surface area contributed by atoms with Gasteiger partial charge in [-0.3, -0.25) is 9.89 Å². The molecule has 0 bridgehead atoms. The highest BCUT2D eigenvalue weighted by molar-refractivity contribution is 14.0. The van der Waals surface area contributed by atoms with E-state index in [-0.39, 0.29) is 29.4 Å². The van der Waals surface area contributed by atoms with Crippen LogP contribution in [0.4, 0.5) is 13.2 Å². The molecule has 0 saturated carbocycles. The van der Waals surface area contributed by atoms with E-state index < -0.39 is 12.2 Å². The van der Waals surface area contributed by atoms with Crippen molar-refractivity contribution in [1.29, 1.82) is 0 Å². The van der Waals surface area contributed by atoms with Gasteiger partial charge in [-0.25, -0.2) is 0 Å². The maximum Gasteiger partial charge on any atom is 0.403 e. The molecule has 1 N–H and O–H groups in total. The lowest BCUT2D eigenvalue weighted by Crippen LogP contribution is -2.56. The zero-order valence-electron chi connectivity index (χ0n) is 16.3. The van der Waals surface area contributed by atoms with Gasteiger partial charge in [-0.1, -0.05) is 25.9 Å². The zero-order valence-corrected chi connectivity index (χ0v) is 18.6. The van der Waals surface area contributed by atoms with Crippen molar-refractivity contribution < 1.29 is 17.7 Å². The van der Waals surface area contributed by atoms with Crippen LogP contribution in [-0.4, -0.2) is 71.3 Å². The Balaban J connectivity index is 0.00000364. The number of aromatic nitrogens is 2. The third-order valence-electron chi connectivity index (χ3n) is 4.36. The molecular weight excluding hydrogens is 476 g/mol. The van der Waals surface area contributed by atoms with Crippen molar-refractivity contribution in [3.8, 4) is 0 Å². The molecular formula is C16H28F3IN6O. The standard InChI is InChI=1S/C16H27F3N6O.HI/c1-11(16(17,18)19)24-6-8-25(9-7-24)14(20-5)21-10-12-22-13(26-23-12)15(2,3)4;/h11H,6-10H2,1-5H3,(H,20,21);1H. The number of alkyl halides is 3. The van der Waals surface area contributed by atoms with Gasteiger partial charge in [0.25, 0.3) is 0 Å². The van der Waals surface area contributed by atoms with Crippen LogP contribution < -0.4 is 5.32 Å². The normalized spacial score (nSPS) is 18.2. The van der Waals surface area contributed by atoms with E-state index in [9.17, 15) is 13.2 Å². The number of guanidine groups is 1. The van der Waals surface area contributed by atoms with E-state index in [1.165, 1.54) is 11.8 Å². The maximum absolute atomic E-state index is 12.8. The molecule has 1 unspecified atom stereocenters. The van der Waals surface area contributed by atoms with Crippen LogP contribution in [0.1, 0.15) is 39.4 Å². The van der Waals surface area contributed by atoms with Gasteiger partial charge in [0.15, 0.2) is 11.8 Å². The van der Waals surface area contributed by atoms with Crippen LogP contribution in [0.5, 0.6) is 0 Å². The fourth-order valence-corrected chi connectivity index (χ4v) is 2.65. The third-order valence-corrected chi connectivity index (χ3v) is 4.36. The highest BCUT2D eigenvalue weighted by Crippen LogP contribution is 2.25. The first-order chi connectivity index (χ1) is 12.0. The Bertz CT molecular complexity index is 620. The van der Waals surface area contributed by atoms with E-state index in [2.05, 4.69) is 20.4 Å². The van der Waals surface area contributed by atoms with Crippen LogP contribution >= 0.6 is 24.0 Å². The van der Waals surface area contributed by atoms with Crippen LogP contribution in [0.25, 0.3) is 0 Å². The molecule has 0 aromatic carbocycles. The number of nitrogens with one attached hydrogen (secondary N) is 1. The predicted octanol–water partition coefficient (Wildman–Crippen LogP) is 2.63. The summed E-state index contributed by atoms with van der Waals surface area (Å²) < 4.78 is 43.8. The summed E-state index contributed by atoms with van der Waals surface area (Å²) in [5, 5.41) is 7.09. The van der Waals surface area contributed by atoms with Crippen LogP contribution in [0, 0.1) is 0 Å². The van der Waals surface area contributed by atoms with Crippen molar-refractivity contribution in [3.63, 3.8) is 0 Å². The third kappa shape index (κ3) is 6.47. The Morgan fingerprint density at radius 2 is 1.81 bits per heavy atom. The van der Waals surface area contributed by atoms with Crippen molar-refractivity contribution in [3.05, 3.63) is 11.7 Å². The molecule has 27 heavy (non-hydrogen) atoms. The van der Waals surface area contributed by atoms with Gasteiger partial charge < -0.3 is 14.7 Å². The molecule has 11 heteroatoms. The van der Waals surface area contributed by atoms with Crippen LogP contribution in [-0.2, 0) is 12.0 Å². The molecule has 1 aromatic rings. The van der Waals surface area contributed by atoms with E-state index in [1.807, 2.05) is 25.7 Å². The summed E-state index contributed by atoms with van der Waals surface area (Å²) in [6.07, 6.45) is -4.20. The molecule has 0 spiro atoms. The number of rotatable bonds is 3. The number of aliphatic imine (C=N–C) groups is 1. The van der Waals surface area contributed by atoms with Gasteiger partial charge in [0.05, 0.1) is 6.54 Å². The largest absolute Gasteiger partial charge is 0.403 e. The van der Waals surface area contributed by atoms with Gasteiger partial charge in [-0.05, 0) is 6.92 Å². The van der Waals surface area contributed by atoms with E-state index in [4.69, 9.17) is 4.52 Å². The summed E-state index contributed by atoms with van der Waals surface area (Å²) in [6, 6.07) is -1.44. The summed E-state index contributed by atoms with van der Waals surface area (Å²) in [6.45, 7) is 9.10. The first-order valence-electron chi connectivity index (χ1n) is 8.62. The Labute approximate surface area is 174 Å². The van der Waals surface area contributed by atoms with Crippen molar-refractivity contribution in [2.45, 2.75) is 51.9 Å². The molecule has 0 amide bonds. The molecule has 7 nitrogen and oxygen atoms in total. The molecule has 0 radical (unpaired) electrons. The summed E-state index contributed by atoms with van der Waals surface area (Å²) >= 11 is 0. The lowest BCUT2D eigenvalue weighted by atomic mass is 9.97. The Morgan fingerprint density at radius 3 is 2.26 bits per heavy atom. The molecule has 1 atom stereocenters. The summed E-state index contributed by atoms with van der Waals surface area (Å²) in [5.74, 6) is 1.69. The lowest BCUT2D eigenvalue weighted by Gasteiger charge is -2.39. The second kappa shape index (κ2) is 9.39. The molecule has 1 fully saturated rings. The Hall–Kier alpha value is -1.11. The van der Waals surface area contributed by atoms with Gasteiger partial charge in [0.1, 0.15) is 6.04 Å². The average Bonchev–Trinajstić information content (AvgIpc) is 3.04. The minimum atomic E-state index is -4.20. The number of hydrogen-bond acceptors (Lipinski definition) is 5. The molecule has 2 rings (SSSR count). The van der Waals surface area contributed by atoms with Gasteiger partial charge in [0.2, 0.25) is 5.89 Å². The molecule has 2 heterocycles. The Morgan fingerprint density at radius 1 is 1.22 bits per heavy atom. The first kappa shape index (κ1) is 23.9. The lowest BCUT2D eigenvalue weighted by molar-refractivity contribution is -0.181. The van der Waals surface area contributed by atoms with Crippen LogP contribution in [0.2, 0.25) is 0 Å². The van der Waals surface area contributed by atoms with E-state index in [1.54, 1.807) is 7.05 Å². The maximum atomic E-state index is 12.8. The average molecular weight is 504 g/mol. The SMILES string of the molecule is CN=C(NCc1noc(C(C)(C)C)n1)N1CCN(C(C)C(F)(F)F)CC1.I. The molecule has 0 aliphatic carbocycles. The Kier molecular flexibility index (Phi) is 8.32. The molecule has 1 saturated heterocycles. The van der Waals surface area contributed by atoms with E-state index in [0.29, 0.717) is 50.4 Å². The zero-order chi connectivity index (χ0) is 19.5. The fourth-order valence-electron chi connectivity index (χ4n) is 2.65. The minimum absolute atomic E-state index is 0. The fraction of sp³-hybridized carbons (Fsp3) is 0.812. The predicted molar refractivity (Wildman–Crippen MR) is 107 cm³/mol. The summed E-state index contributed by atoms with van der Waals surface area (Å²) in [4.78, 5) is 11.9. The molecule has 1 aliphatic rings. The second-order valence-electron chi connectivity index (χ2n) is 7.41. The van der Waals surface area contributed by atoms with Gasteiger partial charge in [-0.2, -0.15) is 18.2 Å². The monoisotopic (exact) mass is 504 g/mol. The minimum Gasteiger partial charge on any atom is -0.349 e. The highest BCUT2D eigenvalue weighted by Gasteiger charge is 2.41. The molecule has 1 aromatic heterocycles. The smallest absolute Gasteiger partial charge is 0.349 e. The number of halogens is 4. The van der Waals surface area contributed by atoms with Gasteiger partial charge in [0, 0.05) is 38.6 Å². The molecule has 1 aliphatic heterocycles. The van der Waals surface area contributed by atoms with E-state index in [0.717, 1.165) is 0 Å². The van der Waals surface area contributed by atoms with Crippen molar-refractivity contribution in [2.24, 2.45) is 4.99 Å². The second-order valence-corrected chi connectivity index (χ2v) is 7.41. The van der Waals surface area contributed by atoms with Crippen molar-refractivity contribution in [2.75, 3.05) is 33.2 Å². The van der Waals surface area contributed by atoms with Gasteiger partial charge >= 0.3 is 6.18 Å². The van der Waals surface area contributed by atoms with Gasteiger partial charge in [-0.15, -0.1) is 24.0 Å². The topological polar surface area (TPSA) is 69.8 Å². The number of hydrogen-bond donors (Lipinski definition) is 1. The van der Waals surface area contributed by atoms with Crippen molar-refractivity contribution >= 4 is 29.9 Å². The van der Waals surface area contributed by atoms with Crippen LogP contribution in [0.3, 0.4) is 0 Å². The number of nitrogens with zero attached hydrogens (tertiary/aromatic N) is 5. The van der Waals surface area contributed by atoms with E-state index >= 15 is 0 Å². The molecule has 156 valence electrons. The number of piperazine rings is 1. The summed E-state index contributed by atoms with van der Waals surface area (Å²) in [5.41, 5.74) is -0.224. The first-order valence-corrected chi connectivity index (χ1v) is 8.62. The summed E-state index contributed by atoms with van der Waals surface area (Å²) in [7, 11) is 1.64.